The molecule has 1 aliphatic heterocycles. The molecule has 5 nitrogen and oxygen atoms in total. The van der Waals surface area contributed by atoms with Crippen LogP contribution in [0.1, 0.15) is 39.4 Å². The van der Waals surface area contributed by atoms with Crippen molar-refractivity contribution < 1.29 is 9.53 Å². The van der Waals surface area contributed by atoms with Crippen molar-refractivity contribution in [3.05, 3.63) is 12.2 Å². The Labute approximate surface area is 108 Å². The summed E-state index contributed by atoms with van der Waals surface area (Å²) < 4.78 is 7.39. The lowest BCUT2D eigenvalue weighted by molar-refractivity contribution is -0.136. The second-order valence-electron chi connectivity index (χ2n) is 5.54. The van der Waals surface area contributed by atoms with Crippen LogP contribution < -0.4 is 0 Å². The van der Waals surface area contributed by atoms with E-state index in [-0.39, 0.29) is 5.78 Å². The van der Waals surface area contributed by atoms with Gasteiger partial charge >= 0.3 is 0 Å². The van der Waals surface area contributed by atoms with E-state index in [0.717, 1.165) is 25.2 Å². The number of nitrogens with zero attached hydrogens (tertiary/aromatic N) is 3. The molecule has 18 heavy (non-hydrogen) atoms. The van der Waals surface area contributed by atoms with Crippen LogP contribution in [0.5, 0.6) is 0 Å². The zero-order chi connectivity index (χ0) is 13.2. The smallest absolute Gasteiger partial charge is 0.171 e. The molecule has 0 aromatic carbocycles. The highest BCUT2D eigenvalue weighted by Crippen LogP contribution is 2.27. The third-order valence-electron chi connectivity index (χ3n) is 3.36. The maximum absolute atomic E-state index is 12.3. The van der Waals surface area contributed by atoms with Crippen LogP contribution in [0.4, 0.5) is 0 Å². The third-order valence-corrected chi connectivity index (χ3v) is 3.36. The highest BCUT2D eigenvalue weighted by molar-refractivity contribution is 5.88. The van der Waals surface area contributed by atoms with Gasteiger partial charge in [0.25, 0.3) is 0 Å². The summed E-state index contributed by atoms with van der Waals surface area (Å²) >= 11 is 0. The summed E-state index contributed by atoms with van der Waals surface area (Å²) in [5.74, 6) is 1.34. The van der Waals surface area contributed by atoms with Gasteiger partial charge in [0.1, 0.15) is 17.8 Å². The van der Waals surface area contributed by atoms with E-state index in [0.29, 0.717) is 18.9 Å². The van der Waals surface area contributed by atoms with Crippen LogP contribution in [0.25, 0.3) is 0 Å². The summed E-state index contributed by atoms with van der Waals surface area (Å²) in [6.07, 6.45) is 3.59. The van der Waals surface area contributed by atoms with Gasteiger partial charge < -0.3 is 4.74 Å². The molecule has 0 amide bonds. The van der Waals surface area contributed by atoms with Crippen LogP contribution in [-0.2, 0) is 22.5 Å². The number of ketones is 1. The maximum atomic E-state index is 12.3. The van der Waals surface area contributed by atoms with Crippen molar-refractivity contribution >= 4 is 5.78 Å². The normalized spacial score (nSPS) is 23.8. The Morgan fingerprint density at radius 2 is 2.39 bits per heavy atom. The fourth-order valence-corrected chi connectivity index (χ4v) is 2.25. The van der Waals surface area contributed by atoms with Gasteiger partial charge in [-0.15, -0.1) is 0 Å². The Hall–Kier alpha value is -1.23. The molecular formula is C13H21N3O2. The van der Waals surface area contributed by atoms with Crippen molar-refractivity contribution in [2.45, 2.75) is 52.2 Å². The van der Waals surface area contributed by atoms with Gasteiger partial charge in [0, 0.05) is 13.2 Å². The summed E-state index contributed by atoms with van der Waals surface area (Å²) in [7, 11) is 0. The van der Waals surface area contributed by atoms with Crippen LogP contribution >= 0.6 is 0 Å². The molecule has 1 saturated heterocycles. The Morgan fingerprint density at radius 3 is 3.00 bits per heavy atom. The van der Waals surface area contributed by atoms with Gasteiger partial charge in [-0.05, 0) is 25.7 Å². The zero-order valence-corrected chi connectivity index (χ0v) is 11.3. The summed E-state index contributed by atoms with van der Waals surface area (Å²) in [6.45, 7) is 7.59. The average molecular weight is 251 g/mol. The largest absolute Gasteiger partial charge is 0.367 e. The molecule has 0 saturated carbocycles. The summed E-state index contributed by atoms with van der Waals surface area (Å²) in [6, 6.07) is 0. The molecule has 0 aliphatic carbocycles. The van der Waals surface area contributed by atoms with Crippen molar-refractivity contribution in [1.29, 1.82) is 0 Å². The van der Waals surface area contributed by atoms with E-state index in [2.05, 4.69) is 23.9 Å². The highest BCUT2D eigenvalue weighted by atomic mass is 16.5. The minimum atomic E-state index is -0.616. The van der Waals surface area contributed by atoms with E-state index >= 15 is 0 Å². The molecule has 100 valence electrons. The van der Waals surface area contributed by atoms with E-state index in [1.54, 1.807) is 0 Å². The van der Waals surface area contributed by atoms with Crippen molar-refractivity contribution in [3.8, 4) is 0 Å². The predicted octanol–water partition coefficient (Wildman–Crippen LogP) is 1.61. The number of rotatable bonds is 5. The van der Waals surface area contributed by atoms with E-state index < -0.39 is 5.60 Å². The van der Waals surface area contributed by atoms with Gasteiger partial charge in [-0.3, -0.25) is 4.79 Å². The number of Topliss-reactive ketones (excluding diaryl/α,β-unsaturated/α-hetero) is 1. The fourth-order valence-electron chi connectivity index (χ4n) is 2.25. The fraction of sp³-hybridized carbons (Fsp3) is 0.769. The predicted molar refractivity (Wildman–Crippen MR) is 67.2 cm³/mol. The molecule has 1 aromatic rings. The third kappa shape index (κ3) is 2.77. The van der Waals surface area contributed by atoms with Crippen molar-refractivity contribution in [2.75, 3.05) is 6.61 Å². The average Bonchev–Trinajstić information content (AvgIpc) is 2.89. The van der Waals surface area contributed by atoms with Crippen molar-refractivity contribution in [1.82, 2.24) is 14.8 Å². The van der Waals surface area contributed by atoms with E-state index in [1.807, 2.05) is 11.6 Å². The van der Waals surface area contributed by atoms with E-state index in [1.165, 1.54) is 6.33 Å². The van der Waals surface area contributed by atoms with Crippen LogP contribution in [0, 0.1) is 5.92 Å². The second-order valence-corrected chi connectivity index (χ2v) is 5.54. The second kappa shape index (κ2) is 5.18. The summed E-state index contributed by atoms with van der Waals surface area (Å²) in [5.41, 5.74) is -0.616. The molecule has 1 unspecified atom stereocenters. The molecule has 1 fully saturated rings. The van der Waals surface area contributed by atoms with Crippen LogP contribution in [-0.4, -0.2) is 32.8 Å². The Kier molecular flexibility index (Phi) is 3.80. The number of carbonyl (C=O) groups is 1. The number of hydrogen-bond acceptors (Lipinski definition) is 4. The summed E-state index contributed by atoms with van der Waals surface area (Å²) in [5, 5.41) is 4.17. The molecule has 0 bridgehead atoms. The first-order valence-electron chi connectivity index (χ1n) is 6.55. The molecule has 1 atom stereocenters. The summed E-state index contributed by atoms with van der Waals surface area (Å²) in [4.78, 5) is 16.5. The van der Waals surface area contributed by atoms with Gasteiger partial charge in [0.15, 0.2) is 5.78 Å². The lowest BCUT2D eigenvalue weighted by Gasteiger charge is -2.21. The van der Waals surface area contributed by atoms with E-state index in [9.17, 15) is 4.79 Å². The molecule has 2 rings (SSSR count). The molecule has 5 heteroatoms. The number of hydrogen-bond donors (Lipinski definition) is 0. The van der Waals surface area contributed by atoms with E-state index in [4.69, 9.17) is 4.74 Å². The molecular weight excluding hydrogens is 230 g/mol. The first-order chi connectivity index (χ1) is 8.51. The van der Waals surface area contributed by atoms with Crippen LogP contribution in [0.15, 0.2) is 6.33 Å². The standard InChI is InChI=1S/C13H21N3O2/c1-10(2)8-16-12(14-9-15-16)7-11(17)13(3)5-4-6-18-13/h9-10H,4-8H2,1-3H3. The van der Waals surface area contributed by atoms with Gasteiger partial charge in [-0.25, -0.2) is 9.67 Å². The molecule has 1 aliphatic rings. The Bertz CT molecular complexity index is 420. The number of carbonyl (C=O) groups excluding carboxylic acids is 1. The Morgan fingerprint density at radius 1 is 1.61 bits per heavy atom. The SMILES string of the molecule is CC(C)Cn1ncnc1CC(=O)C1(C)CCCO1. The number of ether oxygens (including phenoxy) is 1. The Balaban J connectivity index is 2.05. The molecule has 0 spiro atoms. The molecule has 1 aromatic heterocycles. The quantitative estimate of drug-likeness (QED) is 0.798. The van der Waals surface area contributed by atoms with Crippen molar-refractivity contribution in [3.63, 3.8) is 0 Å². The lowest BCUT2D eigenvalue weighted by atomic mass is 9.95. The van der Waals surface area contributed by atoms with Gasteiger partial charge in [0.05, 0.1) is 6.42 Å². The molecule has 2 heterocycles. The van der Waals surface area contributed by atoms with Gasteiger partial charge in [0.2, 0.25) is 0 Å². The lowest BCUT2D eigenvalue weighted by Crippen LogP contribution is -2.36. The molecule has 0 radical (unpaired) electrons. The minimum Gasteiger partial charge on any atom is -0.367 e. The van der Waals surface area contributed by atoms with Crippen molar-refractivity contribution in [2.24, 2.45) is 5.92 Å². The van der Waals surface area contributed by atoms with Crippen LogP contribution in [0.2, 0.25) is 0 Å². The maximum Gasteiger partial charge on any atom is 0.171 e. The van der Waals surface area contributed by atoms with Crippen LogP contribution in [0.3, 0.4) is 0 Å². The zero-order valence-electron chi connectivity index (χ0n) is 11.3. The number of aromatic nitrogens is 3. The monoisotopic (exact) mass is 251 g/mol. The highest BCUT2D eigenvalue weighted by Gasteiger charge is 2.37. The first kappa shape index (κ1) is 13.2. The van der Waals surface area contributed by atoms with Gasteiger partial charge in [-0.1, -0.05) is 13.8 Å². The van der Waals surface area contributed by atoms with Gasteiger partial charge in [-0.2, -0.15) is 5.10 Å². The molecule has 0 N–H and O–H groups in total. The minimum absolute atomic E-state index is 0.109. The first-order valence-corrected chi connectivity index (χ1v) is 6.55. The topological polar surface area (TPSA) is 57.0 Å².